The van der Waals surface area contributed by atoms with Crippen LogP contribution >= 0.6 is 0 Å². The largest absolute Gasteiger partial charge is 0.494 e. The first-order chi connectivity index (χ1) is 12.1. The number of hydrogen-bond donors (Lipinski definition) is 2. The predicted octanol–water partition coefficient (Wildman–Crippen LogP) is 4.47. The molecule has 0 aromatic heterocycles. The zero-order valence-corrected chi connectivity index (χ0v) is 14.7. The third-order valence-electron chi connectivity index (χ3n) is 3.63. The van der Waals surface area contributed by atoms with Crippen LogP contribution in [0.2, 0.25) is 0 Å². The third kappa shape index (κ3) is 5.95. The van der Waals surface area contributed by atoms with Crippen molar-refractivity contribution in [2.45, 2.75) is 33.1 Å². The minimum Gasteiger partial charge on any atom is -0.494 e. The summed E-state index contributed by atoms with van der Waals surface area (Å²) >= 11 is 0. The van der Waals surface area contributed by atoms with Crippen molar-refractivity contribution in [2.24, 2.45) is 0 Å². The van der Waals surface area contributed by atoms with Crippen molar-refractivity contribution in [1.82, 2.24) is 0 Å². The summed E-state index contributed by atoms with van der Waals surface area (Å²) in [6.07, 6.45) is 2.52. The summed E-state index contributed by atoms with van der Waals surface area (Å²) in [5, 5.41) is 5.60. The van der Waals surface area contributed by atoms with Gasteiger partial charge in [-0.25, -0.2) is 0 Å². The fraction of sp³-hybridized carbons (Fsp3) is 0.300. The lowest BCUT2D eigenvalue weighted by Crippen LogP contribution is -2.12. The number of hydrogen-bond acceptors (Lipinski definition) is 3. The minimum atomic E-state index is -0.189. The number of anilines is 2. The number of benzene rings is 2. The van der Waals surface area contributed by atoms with Crippen LogP contribution in [-0.4, -0.2) is 18.4 Å². The molecule has 2 rings (SSSR count). The zero-order chi connectivity index (χ0) is 18.1. The molecule has 0 radical (unpaired) electrons. The minimum absolute atomic E-state index is 0.0435. The van der Waals surface area contributed by atoms with Gasteiger partial charge in [0, 0.05) is 23.4 Å². The van der Waals surface area contributed by atoms with Gasteiger partial charge in [-0.15, -0.1) is 0 Å². The molecule has 5 heteroatoms. The summed E-state index contributed by atoms with van der Waals surface area (Å²) < 4.78 is 5.59. The van der Waals surface area contributed by atoms with Crippen LogP contribution in [0.4, 0.5) is 11.4 Å². The fourth-order valence-electron chi connectivity index (χ4n) is 2.13. The van der Waals surface area contributed by atoms with E-state index < -0.39 is 0 Å². The van der Waals surface area contributed by atoms with Crippen LogP contribution in [0.1, 0.15) is 43.5 Å². The Labute approximate surface area is 148 Å². The highest BCUT2D eigenvalue weighted by Crippen LogP contribution is 2.17. The van der Waals surface area contributed by atoms with E-state index in [0.717, 1.165) is 18.6 Å². The lowest BCUT2D eigenvalue weighted by molar-refractivity contribution is -0.115. The second-order valence-electron chi connectivity index (χ2n) is 5.66. The maximum Gasteiger partial charge on any atom is 0.255 e. The van der Waals surface area contributed by atoms with Gasteiger partial charge in [0.05, 0.1) is 6.61 Å². The number of unbranched alkanes of at least 4 members (excludes halogenated alkanes) is 1. The van der Waals surface area contributed by atoms with Gasteiger partial charge >= 0.3 is 0 Å². The normalized spacial score (nSPS) is 10.2. The monoisotopic (exact) mass is 340 g/mol. The van der Waals surface area contributed by atoms with Crippen LogP contribution in [-0.2, 0) is 4.79 Å². The van der Waals surface area contributed by atoms with Crippen LogP contribution in [0.15, 0.2) is 48.5 Å². The molecule has 2 amide bonds. The molecule has 0 unspecified atom stereocenters. The average molecular weight is 340 g/mol. The molecule has 25 heavy (non-hydrogen) atoms. The summed E-state index contributed by atoms with van der Waals surface area (Å²) in [4.78, 5) is 23.6. The Balaban J connectivity index is 1.91. The van der Waals surface area contributed by atoms with Crippen molar-refractivity contribution >= 4 is 23.2 Å². The van der Waals surface area contributed by atoms with E-state index in [1.54, 1.807) is 55.5 Å². The number of carbonyl (C=O) groups is 2. The van der Waals surface area contributed by atoms with Crippen LogP contribution in [0.3, 0.4) is 0 Å². The Kier molecular flexibility index (Phi) is 7.01. The summed E-state index contributed by atoms with van der Waals surface area (Å²) in [5.41, 5.74) is 1.94. The molecule has 2 aromatic rings. The van der Waals surface area contributed by atoms with Crippen molar-refractivity contribution in [3.63, 3.8) is 0 Å². The van der Waals surface area contributed by atoms with E-state index in [1.807, 2.05) is 0 Å². The first kappa shape index (κ1) is 18.5. The van der Waals surface area contributed by atoms with Gasteiger partial charge in [0.25, 0.3) is 5.91 Å². The standard InChI is InChI=1S/C20H24N2O3/c1-3-5-14-25-18-12-6-15(7-13-18)20(24)22-17-10-8-16(9-11-17)21-19(23)4-2/h6-13H,3-5,14H2,1-2H3,(H,21,23)(H,22,24). The van der Waals surface area contributed by atoms with Crippen molar-refractivity contribution in [1.29, 1.82) is 0 Å². The molecule has 0 bridgehead atoms. The highest BCUT2D eigenvalue weighted by molar-refractivity contribution is 6.04. The van der Waals surface area contributed by atoms with Crippen LogP contribution < -0.4 is 15.4 Å². The lowest BCUT2D eigenvalue weighted by Gasteiger charge is -2.09. The quantitative estimate of drug-likeness (QED) is 0.697. The topological polar surface area (TPSA) is 67.4 Å². The van der Waals surface area contributed by atoms with Gasteiger partial charge in [0.15, 0.2) is 0 Å². The zero-order valence-electron chi connectivity index (χ0n) is 14.7. The Morgan fingerprint density at radius 1 is 0.880 bits per heavy atom. The Morgan fingerprint density at radius 3 is 2.04 bits per heavy atom. The summed E-state index contributed by atoms with van der Waals surface area (Å²) in [6, 6.07) is 14.1. The Bertz CT molecular complexity index is 694. The second-order valence-corrected chi connectivity index (χ2v) is 5.66. The Hall–Kier alpha value is -2.82. The smallest absolute Gasteiger partial charge is 0.255 e. The van der Waals surface area contributed by atoms with E-state index in [9.17, 15) is 9.59 Å². The van der Waals surface area contributed by atoms with Crippen molar-refractivity contribution in [3.8, 4) is 5.75 Å². The SMILES string of the molecule is CCCCOc1ccc(C(=O)Nc2ccc(NC(=O)CC)cc2)cc1. The maximum atomic E-state index is 12.3. The van der Waals surface area contributed by atoms with Crippen LogP contribution in [0.5, 0.6) is 5.75 Å². The number of amides is 2. The number of nitrogens with one attached hydrogen (secondary N) is 2. The van der Waals surface area contributed by atoms with Gasteiger partial charge < -0.3 is 15.4 Å². The van der Waals surface area contributed by atoms with Gasteiger partial charge in [-0.05, 0) is 55.0 Å². The van der Waals surface area contributed by atoms with Gasteiger partial charge in [0.2, 0.25) is 5.91 Å². The highest BCUT2D eigenvalue weighted by atomic mass is 16.5. The molecular formula is C20H24N2O3. The molecule has 2 aromatic carbocycles. The number of carbonyl (C=O) groups excluding carboxylic acids is 2. The molecule has 0 aliphatic carbocycles. The van der Waals surface area contributed by atoms with Crippen molar-refractivity contribution < 1.29 is 14.3 Å². The molecule has 0 saturated heterocycles. The van der Waals surface area contributed by atoms with E-state index in [1.165, 1.54) is 0 Å². The lowest BCUT2D eigenvalue weighted by atomic mass is 10.2. The molecule has 0 spiro atoms. The van der Waals surface area contributed by atoms with Crippen molar-refractivity contribution in [2.75, 3.05) is 17.2 Å². The molecule has 0 saturated carbocycles. The Morgan fingerprint density at radius 2 is 1.48 bits per heavy atom. The number of ether oxygens (including phenoxy) is 1. The maximum absolute atomic E-state index is 12.3. The second kappa shape index (κ2) is 9.47. The molecule has 0 atom stereocenters. The van der Waals surface area contributed by atoms with E-state index in [-0.39, 0.29) is 11.8 Å². The van der Waals surface area contributed by atoms with Gasteiger partial charge in [-0.3, -0.25) is 9.59 Å². The summed E-state index contributed by atoms with van der Waals surface area (Å²) in [5.74, 6) is 0.532. The molecular weight excluding hydrogens is 316 g/mol. The molecule has 0 heterocycles. The van der Waals surface area contributed by atoms with E-state index in [2.05, 4.69) is 17.6 Å². The number of rotatable bonds is 8. The van der Waals surface area contributed by atoms with Gasteiger partial charge in [-0.1, -0.05) is 20.3 Å². The fourth-order valence-corrected chi connectivity index (χ4v) is 2.13. The molecule has 0 aliphatic heterocycles. The average Bonchev–Trinajstić information content (AvgIpc) is 2.64. The molecule has 5 nitrogen and oxygen atoms in total. The molecule has 132 valence electrons. The van der Waals surface area contributed by atoms with Crippen LogP contribution in [0.25, 0.3) is 0 Å². The molecule has 0 fully saturated rings. The summed E-state index contributed by atoms with van der Waals surface area (Å²) in [7, 11) is 0. The van der Waals surface area contributed by atoms with E-state index in [0.29, 0.717) is 30.0 Å². The van der Waals surface area contributed by atoms with Gasteiger partial charge in [-0.2, -0.15) is 0 Å². The van der Waals surface area contributed by atoms with Crippen LogP contribution in [0, 0.1) is 0 Å². The third-order valence-corrected chi connectivity index (χ3v) is 3.63. The van der Waals surface area contributed by atoms with Gasteiger partial charge in [0.1, 0.15) is 5.75 Å². The molecule has 0 aliphatic rings. The first-order valence-corrected chi connectivity index (χ1v) is 8.56. The van der Waals surface area contributed by atoms with E-state index >= 15 is 0 Å². The van der Waals surface area contributed by atoms with E-state index in [4.69, 9.17) is 4.74 Å². The predicted molar refractivity (Wildman–Crippen MR) is 100 cm³/mol. The first-order valence-electron chi connectivity index (χ1n) is 8.56. The van der Waals surface area contributed by atoms with Crippen molar-refractivity contribution in [3.05, 3.63) is 54.1 Å². The molecule has 2 N–H and O–H groups in total. The highest BCUT2D eigenvalue weighted by Gasteiger charge is 2.07. The summed E-state index contributed by atoms with van der Waals surface area (Å²) in [6.45, 7) is 4.59.